The van der Waals surface area contributed by atoms with E-state index in [4.69, 9.17) is 9.47 Å². The van der Waals surface area contributed by atoms with Gasteiger partial charge in [0.2, 0.25) is 0 Å². The van der Waals surface area contributed by atoms with Gasteiger partial charge in [0.1, 0.15) is 5.75 Å². The van der Waals surface area contributed by atoms with Crippen LogP contribution in [0.4, 0.5) is 27.5 Å². The first kappa shape index (κ1) is 30.2. The molecule has 2 heterocycles. The lowest BCUT2D eigenvalue weighted by Crippen LogP contribution is -2.47. The van der Waals surface area contributed by atoms with Gasteiger partial charge < -0.3 is 35.2 Å². The van der Waals surface area contributed by atoms with Crippen molar-refractivity contribution < 1.29 is 19.1 Å². The van der Waals surface area contributed by atoms with Crippen LogP contribution in [0.2, 0.25) is 0 Å². The number of anilines is 4. The molecule has 0 aliphatic carbocycles. The van der Waals surface area contributed by atoms with Crippen LogP contribution in [-0.2, 0) is 4.74 Å². The van der Waals surface area contributed by atoms with E-state index in [9.17, 15) is 9.59 Å². The zero-order valence-electron chi connectivity index (χ0n) is 25.6. The Kier molecular flexibility index (Phi) is 9.62. The van der Waals surface area contributed by atoms with Crippen LogP contribution in [0.25, 0.3) is 10.8 Å². The summed E-state index contributed by atoms with van der Waals surface area (Å²) in [6.45, 7) is 7.48. The maximum Gasteiger partial charge on any atom is 0.323 e. The van der Waals surface area contributed by atoms with Crippen LogP contribution >= 0.6 is 0 Å². The van der Waals surface area contributed by atoms with Gasteiger partial charge in [0.15, 0.2) is 0 Å². The number of hydrogen-bond donors (Lipinski definition) is 3. The number of methoxy groups -OCH3 is 1. The van der Waals surface area contributed by atoms with Gasteiger partial charge in [-0.15, -0.1) is 0 Å². The minimum absolute atomic E-state index is 0.163. The second-order valence-electron chi connectivity index (χ2n) is 11.2. The summed E-state index contributed by atoms with van der Waals surface area (Å²) in [5.41, 5.74) is 3.71. The Morgan fingerprint density at radius 1 is 0.778 bits per heavy atom. The Morgan fingerprint density at radius 3 is 2.29 bits per heavy atom. The van der Waals surface area contributed by atoms with Gasteiger partial charge >= 0.3 is 6.03 Å². The number of amides is 3. The van der Waals surface area contributed by atoms with Gasteiger partial charge in [-0.25, -0.2) is 4.79 Å². The molecule has 3 N–H and O–H groups in total. The van der Waals surface area contributed by atoms with Crippen LogP contribution in [0.3, 0.4) is 0 Å². The van der Waals surface area contributed by atoms with Gasteiger partial charge in [-0.3, -0.25) is 9.69 Å². The molecule has 0 radical (unpaired) electrons. The van der Waals surface area contributed by atoms with Crippen molar-refractivity contribution in [1.82, 2.24) is 10.2 Å². The second kappa shape index (κ2) is 14.3. The van der Waals surface area contributed by atoms with Crippen LogP contribution in [0.5, 0.6) is 5.75 Å². The number of carbonyl (C=O) groups is 2. The van der Waals surface area contributed by atoms with Crippen LogP contribution in [0.15, 0.2) is 84.9 Å². The molecule has 0 saturated carbocycles. The van der Waals surface area contributed by atoms with Crippen molar-refractivity contribution in [2.45, 2.75) is 0 Å². The van der Waals surface area contributed by atoms with E-state index in [2.05, 4.69) is 36.7 Å². The topological polar surface area (TPSA) is 98.4 Å². The third-order valence-electron chi connectivity index (χ3n) is 8.40. The summed E-state index contributed by atoms with van der Waals surface area (Å²) in [4.78, 5) is 33.6. The van der Waals surface area contributed by atoms with Crippen molar-refractivity contribution in [3.8, 4) is 5.75 Å². The highest BCUT2D eigenvalue weighted by molar-refractivity contribution is 6.07. The molecule has 4 aromatic carbocycles. The molecule has 0 atom stereocenters. The Bertz CT molecular complexity index is 1630. The molecule has 10 heteroatoms. The molecule has 0 bridgehead atoms. The first-order valence-corrected chi connectivity index (χ1v) is 15.5. The molecule has 234 valence electrons. The van der Waals surface area contributed by atoms with Gasteiger partial charge in [0.05, 0.1) is 37.3 Å². The minimum Gasteiger partial charge on any atom is -0.495 e. The molecule has 6 rings (SSSR count). The van der Waals surface area contributed by atoms with Crippen LogP contribution in [-0.4, -0.2) is 89.5 Å². The number of carbonyl (C=O) groups excluding carboxylic acids is 2. The van der Waals surface area contributed by atoms with E-state index in [-0.39, 0.29) is 11.9 Å². The molecular formula is C35H40N6O4. The van der Waals surface area contributed by atoms with Gasteiger partial charge in [-0.1, -0.05) is 48.5 Å². The number of morpholine rings is 1. The van der Waals surface area contributed by atoms with Crippen molar-refractivity contribution in [2.24, 2.45) is 0 Å². The van der Waals surface area contributed by atoms with Crippen molar-refractivity contribution in [3.63, 3.8) is 0 Å². The summed E-state index contributed by atoms with van der Waals surface area (Å²) >= 11 is 0. The molecule has 2 aliphatic rings. The number of rotatable bonds is 9. The lowest BCUT2D eigenvalue weighted by atomic mass is 10.1. The molecule has 4 aromatic rings. The number of nitrogens with one attached hydrogen (secondary N) is 3. The molecule has 10 nitrogen and oxygen atoms in total. The fraction of sp³-hybridized carbons (Fsp3) is 0.314. The van der Waals surface area contributed by atoms with E-state index in [1.807, 2.05) is 72.8 Å². The van der Waals surface area contributed by atoms with E-state index >= 15 is 0 Å². The Balaban J connectivity index is 1.18. The van der Waals surface area contributed by atoms with Gasteiger partial charge in [-0.05, 0) is 41.8 Å². The normalized spacial score (nSPS) is 15.5. The minimum atomic E-state index is -0.372. The quantitative estimate of drug-likeness (QED) is 0.249. The van der Waals surface area contributed by atoms with Gasteiger partial charge in [0, 0.05) is 69.1 Å². The number of hydrogen-bond acceptors (Lipinski definition) is 7. The molecule has 2 saturated heterocycles. The van der Waals surface area contributed by atoms with E-state index < -0.39 is 0 Å². The highest BCUT2D eigenvalue weighted by atomic mass is 16.5. The fourth-order valence-corrected chi connectivity index (χ4v) is 6.02. The molecule has 2 aliphatic heterocycles. The first-order valence-electron chi connectivity index (χ1n) is 15.5. The van der Waals surface area contributed by atoms with Crippen molar-refractivity contribution in [3.05, 3.63) is 90.5 Å². The van der Waals surface area contributed by atoms with Gasteiger partial charge in [-0.2, -0.15) is 0 Å². The summed E-state index contributed by atoms with van der Waals surface area (Å²) in [5, 5.41) is 11.0. The molecule has 0 aromatic heterocycles. The van der Waals surface area contributed by atoms with Crippen molar-refractivity contribution >= 4 is 45.5 Å². The summed E-state index contributed by atoms with van der Waals surface area (Å²) in [7, 11) is 1.69. The largest absolute Gasteiger partial charge is 0.495 e. The summed E-state index contributed by atoms with van der Waals surface area (Å²) in [5.74, 6) is 0.687. The maximum atomic E-state index is 13.7. The van der Waals surface area contributed by atoms with Crippen LogP contribution in [0.1, 0.15) is 10.4 Å². The van der Waals surface area contributed by atoms with E-state index in [1.54, 1.807) is 13.2 Å². The molecule has 45 heavy (non-hydrogen) atoms. The van der Waals surface area contributed by atoms with Gasteiger partial charge in [0.25, 0.3) is 5.91 Å². The third-order valence-corrected chi connectivity index (χ3v) is 8.40. The first-order chi connectivity index (χ1) is 22.1. The summed E-state index contributed by atoms with van der Waals surface area (Å²) in [6.07, 6.45) is 0. The highest BCUT2D eigenvalue weighted by Crippen LogP contribution is 2.31. The Morgan fingerprint density at radius 2 is 1.49 bits per heavy atom. The van der Waals surface area contributed by atoms with Crippen molar-refractivity contribution in [1.29, 1.82) is 0 Å². The predicted molar refractivity (Wildman–Crippen MR) is 180 cm³/mol. The average Bonchev–Trinajstić information content (AvgIpc) is 3.09. The van der Waals surface area contributed by atoms with E-state index in [0.29, 0.717) is 31.0 Å². The molecule has 2 fully saturated rings. The zero-order valence-corrected chi connectivity index (χ0v) is 25.6. The Hall–Kier alpha value is -4.80. The average molecular weight is 609 g/mol. The maximum absolute atomic E-state index is 13.7. The SMILES string of the molecule is COc1ccccc1N1CCN(c2ccc(NC(=O)Nc3cccc4ccccc34)cc2C(=O)NCCN2CCOCC2)CC1. The van der Waals surface area contributed by atoms with Crippen LogP contribution in [0, 0.1) is 0 Å². The zero-order chi connectivity index (χ0) is 31.0. The fourth-order valence-electron chi connectivity index (χ4n) is 6.02. The number of urea groups is 1. The highest BCUT2D eigenvalue weighted by Gasteiger charge is 2.24. The second-order valence-corrected chi connectivity index (χ2v) is 11.2. The molecule has 3 amide bonds. The van der Waals surface area contributed by atoms with E-state index in [0.717, 1.165) is 79.4 Å². The summed E-state index contributed by atoms with van der Waals surface area (Å²) < 4.78 is 11.0. The number of ether oxygens (including phenoxy) is 2. The molecular weight excluding hydrogens is 568 g/mol. The lowest BCUT2D eigenvalue weighted by Gasteiger charge is -2.38. The van der Waals surface area contributed by atoms with Crippen LogP contribution < -0.4 is 30.5 Å². The lowest BCUT2D eigenvalue weighted by molar-refractivity contribution is 0.0383. The van der Waals surface area contributed by atoms with Crippen molar-refractivity contribution in [2.75, 3.05) is 93.1 Å². The number of para-hydroxylation sites is 2. The number of piperazine rings is 1. The number of nitrogens with zero attached hydrogens (tertiary/aromatic N) is 3. The van der Waals surface area contributed by atoms with E-state index in [1.165, 1.54) is 0 Å². The smallest absolute Gasteiger partial charge is 0.323 e. The molecule has 0 unspecified atom stereocenters. The third kappa shape index (κ3) is 7.30. The number of fused-ring (bicyclic) bond motifs is 1. The predicted octanol–water partition coefficient (Wildman–Crippen LogP) is 4.88. The number of benzene rings is 4. The summed E-state index contributed by atoms with van der Waals surface area (Å²) in [6, 6.07) is 26.9. The monoisotopic (exact) mass is 608 g/mol. The Labute approximate surface area is 263 Å². The standard InChI is InChI=1S/C35H40N6O4/c1-44-33-12-5-4-11-32(33)41-19-17-40(18-20-41)31-14-13-27(25-29(31)34(42)36-15-16-39-21-23-45-24-22-39)37-35(43)38-30-10-6-8-26-7-2-3-9-28(26)30/h2-14,25H,15-24H2,1H3,(H,36,42)(H2,37,38,43). The molecule has 0 spiro atoms.